The number of quaternary nitrogens is 1. The second-order valence-corrected chi connectivity index (χ2v) is 6.61. The fourth-order valence-electron chi connectivity index (χ4n) is 3.12. The van der Waals surface area contributed by atoms with E-state index in [9.17, 15) is 9.90 Å². The maximum Gasteiger partial charge on any atom is 0.360 e. The SMILES string of the molecule is CC/C=C/CCCCCCCCC1=NC=C[N+]1(CC(=O)O)C(C)N. The van der Waals surface area contributed by atoms with Crippen LogP contribution in [-0.2, 0) is 4.79 Å². The number of nitrogens with zero attached hydrogens (tertiary/aromatic N) is 2. The van der Waals surface area contributed by atoms with Gasteiger partial charge < -0.3 is 5.11 Å². The van der Waals surface area contributed by atoms with Crippen molar-refractivity contribution in [2.45, 2.75) is 77.8 Å². The average Bonchev–Trinajstić information content (AvgIpc) is 2.92. The Hall–Kier alpha value is -1.46. The molecule has 0 bridgehead atoms. The molecule has 136 valence electrons. The van der Waals surface area contributed by atoms with Crippen molar-refractivity contribution in [3.05, 3.63) is 24.6 Å². The summed E-state index contributed by atoms with van der Waals surface area (Å²) in [4.78, 5) is 15.6. The van der Waals surface area contributed by atoms with Crippen LogP contribution in [0.3, 0.4) is 0 Å². The Morgan fingerprint density at radius 1 is 1.25 bits per heavy atom. The van der Waals surface area contributed by atoms with Gasteiger partial charge in [0.15, 0.2) is 6.54 Å². The Morgan fingerprint density at radius 3 is 2.54 bits per heavy atom. The van der Waals surface area contributed by atoms with E-state index in [-0.39, 0.29) is 17.2 Å². The molecule has 0 fully saturated rings. The van der Waals surface area contributed by atoms with Crippen LogP contribution in [0.25, 0.3) is 0 Å². The third-order valence-electron chi connectivity index (χ3n) is 4.58. The lowest BCUT2D eigenvalue weighted by atomic mass is 10.1. The van der Waals surface area contributed by atoms with Gasteiger partial charge in [0.2, 0.25) is 5.84 Å². The monoisotopic (exact) mass is 336 g/mol. The van der Waals surface area contributed by atoms with E-state index < -0.39 is 5.97 Å². The molecule has 3 N–H and O–H groups in total. The summed E-state index contributed by atoms with van der Waals surface area (Å²) in [6.07, 6.45) is 18.1. The van der Waals surface area contributed by atoms with Gasteiger partial charge >= 0.3 is 5.97 Å². The number of carboxylic acids is 1. The predicted molar refractivity (Wildman–Crippen MR) is 99.4 cm³/mol. The van der Waals surface area contributed by atoms with Crippen LogP contribution >= 0.6 is 0 Å². The van der Waals surface area contributed by atoms with E-state index in [1.165, 1.54) is 32.1 Å². The van der Waals surface area contributed by atoms with Crippen molar-refractivity contribution >= 4 is 11.8 Å². The Morgan fingerprint density at radius 2 is 1.92 bits per heavy atom. The lowest BCUT2D eigenvalue weighted by Crippen LogP contribution is -2.59. The first-order valence-corrected chi connectivity index (χ1v) is 9.27. The van der Waals surface area contributed by atoms with Gasteiger partial charge in [-0.2, -0.15) is 0 Å². The zero-order valence-electron chi connectivity index (χ0n) is 15.3. The van der Waals surface area contributed by atoms with Crippen molar-refractivity contribution in [2.75, 3.05) is 6.54 Å². The number of allylic oxidation sites excluding steroid dienone is 2. The summed E-state index contributed by atoms with van der Waals surface area (Å²) in [5.74, 6) is 0.0424. The standard InChI is InChI=1S/C19H33N3O2/c1-3-4-5-6-7-8-9-10-11-12-13-18-21-14-15-22(18,17(2)20)16-19(23)24/h4-5,14-15,17H,3,6-13,16,20H2,1-2H3/p+1/b5-4+. The normalized spacial score (nSPS) is 21.4. The molecule has 1 rings (SSSR count). The number of amidine groups is 1. The maximum absolute atomic E-state index is 11.2. The van der Waals surface area contributed by atoms with Gasteiger partial charge in [0.25, 0.3) is 0 Å². The highest BCUT2D eigenvalue weighted by molar-refractivity contribution is 5.81. The minimum atomic E-state index is -0.844. The molecule has 0 amide bonds. The van der Waals surface area contributed by atoms with E-state index in [2.05, 4.69) is 24.1 Å². The van der Waals surface area contributed by atoms with Crippen LogP contribution in [-0.4, -0.2) is 34.1 Å². The summed E-state index contributed by atoms with van der Waals surface area (Å²) in [5, 5.41) is 9.19. The zero-order chi connectivity index (χ0) is 17.8. The van der Waals surface area contributed by atoms with E-state index in [1.807, 2.05) is 13.1 Å². The molecule has 5 nitrogen and oxygen atoms in total. The van der Waals surface area contributed by atoms with Gasteiger partial charge in [-0.15, -0.1) is 0 Å². The Bertz CT molecular complexity index is 469. The van der Waals surface area contributed by atoms with Crippen molar-refractivity contribution in [3.63, 3.8) is 0 Å². The first kappa shape index (κ1) is 20.6. The lowest BCUT2D eigenvalue weighted by Gasteiger charge is -2.34. The van der Waals surface area contributed by atoms with Gasteiger partial charge in [-0.3, -0.25) is 5.73 Å². The Balaban J connectivity index is 2.24. The first-order chi connectivity index (χ1) is 11.5. The second-order valence-electron chi connectivity index (χ2n) is 6.61. The summed E-state index contributed by atoms with van der Waals surface area (Å²) >= 11 is 0. The van der Waals surface area contributed by atoms with Crippen molar-refractivity contribution in [2.24, 2.45) is 10.7 Å². The van der Waals surface area contributed by atoms with Gasteiger partial charge in [-0.25, -0.2) is 14.3 Å². The summed E-state index contributed by atoms with van der Waals surface area (Å²) in [5.41, 5.74) is 6.06. The van der Waals surface area contributed by atoms with Crippen LogP contribution in [0.1, 0.15) is 71.6 Å². The molecule has 0 spiro atoms. The quantitative estimate of drug-likeness (QED) is 0.301. The molecule has 24 heavy (non-hydrogen) atoms. The maximum atomic E-state index is 11.2. The molecular formula is C19H34N3O2+. The van der Waals surface area contributed by atoms with Crippen LogP contribution in [0.2, 0.25) is 0 Å². The van der Waals surface area contributed by atoms with Crippen molar-refractivity contribution in [1.82, 2.24) is 0 Å². The molecule has 1 aliphatic heterocycles. The van der Waals surface area contributed by atoms with Crippen molar-refractivity contribution in [3.8, 4) is 0 Å². The van der Waals surface area contributed by atoms with Gasteiger partial charge in [0, 0.05) is 13.3 Å². The number of aliphatic imine (C=N–C) groups is 1. The Kier molecular flexibility index (Phi) is 9.57. The van der Waals surface area contributed by atoms with Gasteiger partial charge in [0.1, 0.15) is 12.4 Å². The van der Waals surface area contributed by atoms with Gasteiger partial charge in [0.05, 0.1) is 6.20 Å². The number of carbonyl (C=O) groups is 1. The van der Waals surface area contributed by atoms with E-state index in [0.29, 0.717) is 0 Å². The number of hydrogen-bond acceptors (Lipinski definition) is 3. The number of hydrogen-bond donors (Lipinski definition) is 2. The van der Waals surface area contributed by atoms with Gasteiger partial charge in [-0.05, 0) is 25.7 Å². The largest absolute Gasteiger partial charge is 0.477 e. The first-order valence-electron chi connectivity index (χ1n) is 9.27. The molecular weight excluding hydrogens is 302 g/mol. The van der Waals surface area contributed by atoms with Crippen LogP contribution in [0.15, 0.2) is 29.5 Å². The smallest absolute Gasteiger partial charge is 0.360 e. The highest BCUT2D eigenvalue weighted by atomic mass is 16.4. The van der Waals surface area contributed by atoms with E-state index >= 15 is 0 Å². The molecule has 2 atom stereocenters. The van der Waals surface area contributed by atoms with Crippen molar-refractivity contribution < 1.29 is 14.4 Å². The Labute approximate surface area is 146 Å². The topological polar surface area (TPSA) is 75.7 Å². The predicted octanol–water partition coefficient (Wildman–Crippen LogP) is 4.16. The molecule has 0 aromatic carbocycles. The number of unbranched alkanes of at least 4 members (excludes halogenated alkanes) is 6. The molecule has 0 aliphatic carbocycles. The molecule has 0 aromatic heterocycles. The molecule has 0 radical (unpaired) electrons. The van der Waals surface area contributed by atoms with E-state index in [4.69, 9.17) is 5.73 Å². The third-order valence-corrected chi connectivity index (χ3v) is 4.58. The number of rotatable bonds is 13. The highest BCUT2D eigenvalue weighted by Crippen LogP contribution is 2.23. The zero-order valence-corrected chi connectivity index (χ0v) is 15.3. The van der Waals surface area contributed by atoms with Crippen LogP contribution in [0, 0.1) is 0 Å². The fourth-order valence-corrected chi connectivity index (χ4v) is 3.12. The molecule has 2 unspecified atom stereocenters. The minimum absolute atomic E-state index is 0.0295. The fraction of sp³-hybridized carbons (Fsp3) is 0.684. The molecule has 0 saturated carbocycles. The van der Waals surface area contributed by atoms with Crippen LogP contribution < -0.4 is 5.73 Å². The van der Waals surface area contributed by atoms with Crippen LogP contribution in [0.4, 0.5) is 0 Å². The molecule has 1 heterocycles. The second kappa shape index (κ2) is 11.2. The summed E-state index contributed by atoms with van der Waals surface area (Å²) in [6, 6.07) is 0. The lowest BCUT2D eigenvalue weighted by molar-refractivity contribution is -0.805. The minimum Gasteiger partial charge on any atom is -0.477 e. The summed E-state index contributed by atoms with van der Waals surface area (Å²) in [7, 11) is 0. The molecule has 0 saturated heterocycles. The average molecular weight is 337 g/mol. The van der Waals surface area contributed by atoms with E-state index in [1.54, 1.807) is 6.20 Å². The number of nitrogens with two attached hydrogens (primary N) is 1. The molecule has 5 heteroatoms. The van der Waals surface area contributed by atoms with Gasteiger partial charge in [-0.1, -0.05) is 44.8 Å². The van der Waals surface area contributed by atoms with E-state index in [0.717, 1.165) is 31.5 Å². The highest BCUT2D eigenvalue weighted by Gasteiger charge is 2.40. The number of aliphatic carboxylic acids is 1. The molecule has 0 aromatic rings. The molecule has 1 aliphatic rings. The summed E-state index contributed by atoms with van der Waals surface area (Å²) in [6.45, 7) is 3.98. The van der Waals surface area contributed by atoms with Crippen LogP contribution in [0.5, 0.6) is 0 Å². The summed E-state index contributed by atoms with van der Waals surface area (Å²) < 4.78 is 0.166. The third kappa shape index (κ3) is 6.57. The van der Waals surface area contributed by atoms with Crippen molar-refractivity contribution in [1.29, 1.82) is 0 Å². The number of carboxylic acid groups (broad SMARTS) is 1.